The smallest absolute Gasteiger partial charge is 0.270 e. The van der Waals surface area contributed by atoms with Crippen molar-refractivity contribution in [1.82, 2.24) is 25.3 Å². The van der Waals surface area contributed by atoms with Gasteiger partial charge in [0.2, 0.25) is 5.95 Å². The molecule has 1 saturated heterocycles. The Bertz CT molecular complexity index is 912. The zero-order valence-electron chi connectivity index (χ0n) is 15.4. The van der Waals surface area contributed by atoms with Crippen molar-refractivity contribution in [3.05, 3.63) is 72.6 Å². The summed E-state index contributed by atoms with van der Waals surface area (Å²) in [5, 5.41) is 2.89. The van der Waals surface area contributed by atoms with Crippen molar-refractivity contribution in [3.8, 4) is 0 Å². The second kappa shape index (κ2) is 8.43. The van der Waals surface area contributed by atoms with E-state index in [9.17, 15) is 4.79 Å². The molecule has 3 aromatic heterocycles. The summed E-state index contributed by atoms with van der Waals surface area (Å²) < 4.78 is 0. The van der Waals surface area contributed by atoms with E-state index >= 15 is 0 Å². The monoisotopic (exact) mass is 375 g/mol. The number of carbonyl (C=O) groups is 1. The fourth-order valence-electron chi connectivity index (χ4n) is 3.14. The normalized spacial score (nSPS) is 14.0. The van der Waals surface area contributed by atoms with E-state index in [-0.39, 0.29) is 5.91 Å². The van der Waals surface area contributed by atoms with Crippen LogP contribution in [0.3, 0.4) is 0 Å². The SMILES string of the molecule is O=C(NCc1cccnc1)c1cc(N2CCN(c3ncccn3)CC2)ccn1. The summed E-state index contributed by atoms with van der Waals surface area (Å²) in [5.74, 6) is 0.564. The number of carbonyl (C=O) groups excluding carboxylic acids is 1. The first-order chi connectivity index (χ1) is 13.8. The van der Waals surface area contributed by atoms with E-state index < -0.39 is 0 Å². The summed E-state index contributed by atoms with van der Waals surface area (Å²) in [7, 11) is 0. The number of pyridine rings is 2. The third kappa shape index (κ3) is 4.22. The molecule has 1 amide bonds. The number of nitrogens with zero attached hydrogens (tertiary/aromatic N) is 6. The molecule has 28 heavy (non-hydrogen) atoms. The van der Waals surface area contributed by atoms with Crippen molar-refractivity contribution in [1.29, 1.82) is 0 Å². The van der Waals surface area contributed by atoms with Gasteiger partial charge in [0.25, 0.3) is 5.91 Å². The first-order valence-electron chi connectivity index (χ1n) is 9.20. The highest BCUT2D eigenvalue weighted by Gasteiger charge is 2.20. The molecule has 8 nitrogen and oxygen atoms in total. The number of aromatic nitrogens is 4. The number of anilines is 2. The molecule has 1 N–H and O–H groups in total. The lowest BCUT2D eigenvalue weighted by Gasteiger charge is -2.36. The first-order valence-corrected chi connectivity index (χ1v) is 9.20. The van der Waals surface area contributed by atoms with E-state index in [4.69, 9.17) is 0 Å². The van der Waals surface area contributed by atoms with Crippen LogP contribution in [-0.2, 0) is 6.54 Å². The van der Waals surface area contributed by atoms with Crippen LogP contribution < -0.4 is 15.1 Å². The van der Waals surface area contributed by atoms with Crippen LogP contribution in [0.2, 0.25) is 0 Å². The van der Waals surface area contributed by atoms with Crippen LogP contribution in [0, 0.1) is 0 Å². The van der Waals surface area contributed by atoms with Crippen molar-refractivity contribution >= 4 is 17.5 Å². The topological polar surface area (TPSA) is 87.1 Å². The molecule has 0 unspecified atom stereocenters. The van der Waals surface area contributed by atoms with Crippen LogP contribution in [0.15, 0.2) is 61.3 Å². The van der Waals surface area contributed by atoms with Gasteiger partial charge in [0.15, 0.2) is 0 Å². The third-order valence-corrected chi connectivity index (χ3v) is 4.63. The van der Waals surface area contributed by atoms with E-state index in [2.05, 4.69) is 35.1 Å². The Morgan fingerprint density at radius 2 is 1.71 bits per heavy atom. The molecular formula is C20H21N7O. The van der Waals surface area contributed by atoms with Gasteiger partial charge in [-0.15, -0.1) is 0 Å². The van der Waals surface area contributed by atoms with Gasteiger partial charge < -0.3 is 15.1 Å². The van der Waals surface area contributed by atoms with E-state index in [0.717, 1.165) is 43.4 Å². The van der Waals surface area contributed by atoms with Crippen LogP contribution in [-0.4, -0.2) is 52.0 Å². The van der Waals surface area contributed by atoms with Gasteiger partial charge in [0, 0.05) is 69.4 Å². The van der Waals surface area contributed by atoms with Gasteiger partial charge in [-0.05, 0) is 29.8 Å². The van der Waals surface area contributed by atoms with Gasteiger partial charge in [0.05, 0.1) is 0 Å². The summed E-state index contributed by atoms with van der Waals surface area (Å²) in [4.78, 5) is 33.8. The van der Waals surface area contributed by atoms with Crippen LogP contribution in [0.25, 0.3) is 0 Å². The molecule has 0 aliphatic carbocycles. The summed E-state index contributed by atoms with van der Waals surface area (Å²) >= 11 is 0. The Morgan fingerprint density at radius 3 is 2.46 bits per heavy atom. The predicted molar refractivity (Wildman–Crippen MR) is 106 cm³/mol. The fourth-order valence-corrected chi connectivity index (χ4v) is 3.14. The Hall–Kier alpha value is -3.55. The number of piperazine rings is 1. The molecule has 4 heterocycles. The number of nitrogens with one attached hydrogen (secondary N) is 1. The summed E-state index contributed by atoms with van der Waals surface area (Å²) in [6.45, 7) is 3.75. The van der Waals surface area contributed by atoms with Crippen molar-refractivity contribution in [2.45, 2.75) is 6.54 Å². The molecule has 8 heteroatoms. The van der Waals surface area contributed by atoms with Gasteiger partial charge in [-0.2, -0.15) is 0 Å². The third-order valence-electron chi connectivity index (χ3n) is 4.63. The summed E-state index contributed by atoms with van der Waals surface area (Å²) in [6, 6.07) is 9.37. The molecule has 1 aliphatic heterocycles. The largest absolute Gasteiger partial charge is 0.368 e. The fraction of sp³-hybridized carbons (Fsp3) is 0.250. The van der Waals surface area contributed by atoms with Crippen molar-refractivity contribution in [3.63, 3.8) is 0 Å². The molecule has 4 rings (SSSR count). The average molecular weight is 375 g/mol. The summed E-state index contributed by atoms with van der Waals surface area (Å²) in [6.07, 6.45) is 8.64. The molecule has 0 atom stereocenters. The predicted octanol–water partition coefficient (Wildman–Crippen LogP) is 1.52. The van der Waals surface area contributed by atoms with E-state index in [1.165, 1.54) is 0 Å². The van der Waals surface area contributed by atoms with E-state index in [1.54, 1.807) is 31.0 Å². The van der Waals surface area contributed by atoms with Gasteiger partial charge in [-0.1, -0.05) is 6.07 Å². The highest BCUT2D eigenvalue weighted by atomic mass is 16.1. The molecule has 0 radical (unpaired) electrons. The molecule has 0 aromatic carbocycles. The minimum absolute atomic E-state index is 0.193. The molecule has 3 aromatic rings. The van der Waals surface area contributed by atoms with Crippen LogP contribution in [0.4, 0.5) is 11.6 Å². The number of amides is 1. The van der Waals surface area contributed by atoms with E-state index in [0.29, 0.717) is 12.2 Å². The number of hydrogen-bond donors (Lipinski definition) is 1. The zero-order chi connectivity index (χ0) is 19.2. The Balaban J connectivity index is 1.37. The minimum atomic E-state index is -0.193. The minimum Gasteiger partial charge on any atom is -0.368 e. The Morgan fingerprint density at radius 1 is 0.929 bits per heavy atom. The van der Waals surface area contributed by atoms with Gasteiger partial charge in [-0.3, -0.25) is 14.8 Å². The highest BCUT2D eigenvalue weighted by molar-refractivity contribution is 5.93. The van der Waals surface area contributed by atoms with Gasteiger partial charge in [0.1, 0.15) is 5.69 Å². The second-order valence-corrected chi connectivity index (χ2v) is 6.47. The number of hydrogen-bond acceptors (Lipinski definition) is 7. The van der Waals surface area contributed by atoms with Crippen molar-refractivity contribution in [2.75, 3.05) is 36.0 Å². The first kappa shape index (κ1) is 17.8. The lowest BCUT2D eigenvalue weighted by atomic mass is 10.2. The molecule has 0 bridgehead atoms. The van der Waals surface area contributed by atoms with Crippen LogP contribution in [0.5, 0.6) is 0 Å². The van der Waals surface area contributed by atoms with Crippen molar-refractivity contribution in [2.24, 2.45) is 0 Å². The van der Waals surface area contributed by atoms with Crippen LogP contribution >= 0.6 is 0 Å². The molecular weight excluding hydrogens is 354 g/mol. The Kier molecular flexibility index (Phi) is 5.37. The standard InChI is InChI=1S/C20H21N7O/c28-19(25-15-16-3-1-5-21-14-16)18-13-17(4-8-22-18)26-9-11-27(12-10-26)20-23-6-2-7-24-20/h1-8,13-14H,9-12,15H2,(H,25,28). The van der Waals surface area contributed by atoms with Gasteiger partial charge in [-0.25, -0.2) is 9.97 Å². The van der Waals surface area contributed by atoms with Crippen molar-refractivity contribution < 1.29 is 4.79 Å². The van der Waals surface area contributed by atoms with Gasteiger partial charge >= 0.3 is 0 Å². The van der Waals surface area contributed by atoms with E-state index in [1.807, 2.05) is 30.3 Å². The number of rotatable bonds is 5. The highest BCUT2D eigenvalue weighted by Crippen LogP contribution is 2.18. The molecule has 1 fully saturated rings. The lowest BCUT2D eigenvalue weighted by molar-refractivity contribution is 0.0946. The second-order valence-electron chi connectivity index (χ2n) is 6.47. The molecule has 0 spiro atoms. The Labute approximate surface area is 163 Å². The maximum Gasteiger partial charge on any atom is 0.270 e. The quantitative estimate of drug-likeness (QED) is 0.723. The maximum atomic E-state index is 12.5. The zero-order valence-corrected chi connectivity index (χ0v) is 15.4. The molecule has 142 valence electrons. The molecule has 1 aliphatic rings. The maximum absolute atomic E-state index is 12.5. The van der Waals surface area contributed by atoms with Crippen LogP contribution in [0.1, 0.15) is 16.1 Å². The molecule has 0 saturated carbocycles. The average Bonchev–Trinajstić information content (AvgIpc) is 2.79. The summed E-state index contributed by atoms with van der Waals surface area (Å²) in [5.41, 5.74) is 2.36. The lowest BCUT2D eigenvalue weighted by Crippen LogP contribution is -2.47.